The van der Waals surface area contributed by atoms with Gasteiger partial charge >= 0.3 is 5.97 Å². The van der Waals surface area contributed by atoms with Crippen LogP contribution in [0.5, 0.6) is 0 Å². The summed E-state index contributed by atoms with van der Waals surface area (Å²) in [7, 11) is 0. The first-order valence-electron chi connectivity index (χ1n) is 6.76. The monoisotopic (exact) mass is 309 g/mol. The molecule has 1 heterocycles. The summed E-state index contributed by atoms with van der Waals surface area (Å²) < 4.78 is 0. The molecule has 0 radical (unpaired) electrons. The van der Waals surface area contributed by atoms with Crippen LogP contribution in [0.3, 0.4) is 0 Å². The summed E-state index contributed by atoms with van der Waals surface area (Å²) in [5.74, 6) is -1.32. The van der Waals surface area contributed by atoms with Gasteiger partial charge in [0.25, 0.3) is 0 Å². The van der Waals surface area contributed by atoms with Gasteiger partial charge < -0.3 is 10.4 Å². The molecule has 0 unspecified atom stereocenters. The van der Waals surface area contributed by atoms with Gasteiger partial charge in [-0.15, -0.1) is 5.10 Å². The van der Waals surface area contributed by atoms with E-state index in [1.54, 1.807) is 0 Å². The van der Waals surface area contributed by atoms with E-state index in [0.29, 0.717) is 5.17 Å². The Morgan fingerprint density at radius 1 is 1.48 bits per heavy atom. The number of aliphatic carboxylic acids is 1. The maximum atomic E-state index is 11.6. The summed E-state index contributed by atoms with van der Waals surface area (Å²) in [5, 5.41) is 19.3. The predicted molar refractivity (Wildman–Crippen MR) is 83.4 cm³/mol. The number of rotatable bonds is 3. The normalized spacial score (nSPS) is 28.6. The van der Waals surface area contributed by atoms with Gasteiger partial charge in [0.15, 0.2) is 5.17 Å². The molecule has 0 aromatic heterocycles. The second-order valence-electron chi connectivity index (χ2n) is 6.20. The number of allylic oxidation sites excluding steroid dienone is 2. The number of amidine groups is 1. The molecule has 2 aliphatic rings. The second kappa shape index (κ2) is 6.01. The number of nitrogens with one attached hydrogen (secondary N) is 1. The maximum Gasteiger partial charge on any atom is 0.305 e. The van der Waals surface area contributed by atoms with Gasteiger partial charge in [-0.3, -0.25) is 9.59 Å². The highest BCUT2D eigenvalue weighted by atomic mass is 32.2. The molecule has 7 heteroatoms. The first-order chi connectivity index (χ1) is 9.75. The Kier molecular flexibility index (Phi) is 4.51. The smallest absolute Gasteiger partial charge is 0.305 e. The summed E-state index contributed by atoms with van der Waals surface area (Å²) in [6.45, 7) is 6.43. The fraction of sp³-hybridized carbons (Fsp3) is 0.571. The lowest BCUT2D eigenvalue weighted by Crippen LogP contribution is -2.26. The Morgan fingerprint density at radius 2 is 2.19 bits per heavy atom. The van der Waals surface area contributed by atoms with E-state index in [4.69, 9.17) is 5.11 Å². The molecule has 1 aliphatic carbocycles. The van der Waals surface area contributed by atoms with Gasteiger partial charge in [-0.25, -0.2) is 0 Å². The van der Waals surface area contributed by atoms with Gasteiger partial charge in [0.1, 0.15) is 5.25 Å². The van der Waals surface area contributed by atoms with Crippen LogP contribution >= 0.6 is 11.8 Å². The third-order valence-electron chi connectivity index (χ3n) is 3.24. The first kappa shape index (κ1) is 15.8. The zero-order valence-electron chi connectivity index (χ0n) is 12.3. The summed E-state index contributed by atoms with van der Waals surface area (Å²) in [6.07, 6.45) is 3.68. The van der Waals surface area contributed by atoms with Crippen LogP contribution in [0.1, 0.15) is 40.0 Å². The molecule has 1 saturated heterocycles. The number of carbonyl (C=O) groups excluding carboxylic acids is 1. The van der Waals surface area contributed by atoms with Gasteiger partial charge in [-0.05, 0) is 31.3 Å². The van der Waals surface area contributed by atoms with Gasteiger partial charge in [0.05, 0.1) is 12.1 Å². The van der Waals surface area contributed by atoms with Gasteiger partial charge in [0.2, 0.25) is 5.91 Å². The van der Waals surface area contributed by atoms with E-state index in [1.165, 1.54) is 5.57 Å². The van der Waals surface area contributed by atoms with E-state index < -0.39 is 11.2 Å². The van der Waals surface area contributed by atoms with Crippen molar-refractivity contribution < 1.29 is 14.7 Å². The molecule has 1 atom stereocenters. The van der Waals surface area contributed by atoms with Crippen LogP contribution in [0.25, 0.3) is 0 Å². The molecule has 1 aliphatic heterocycles. The third-order valence-corrected chi connectivity index (χ3v) is 4.31. The largest absolute Gasteiger partial charge is 0.481 e. The predicted octanol–water partition coefficient (Wildman–Crippen LogP) is 2.17. The number of hydrogen-bond acceptors (Lipinski definition) is 5. The van der Waals surface area contributed by atoms with E-state index in [2.05, 4.69) is 36.3 Å². The molecular formula is C14H19N3O3S. The minimum atomic E-state index is -0.997. The lowest BCUT2D eigenvalue weighted by atomic mass is 9.77. The fourth-order valence-electron chi connectivity index (χ4n) is 2.61. The summed E-state index contributed by atoms with van der Waals surface area (Å²) in [6, 6.07) is 0. The number of hydrogen-bond donors (Lipinski definition) is 2. The lowest BCUT2D eigenvalue weighted by Gasteiger charge is -2.28. The Balaban J connectivity index is 2.08. The Labute approximate surface area is 127 Å². The summed E-state index contributed by atoms with van der Waals surface area (Å²) in [5.41, 5.74) is 2.31. The average Bonchev–Trinajstić information content (AvgIpc) is 2.64. The van der Waals surface area contributed by atoms with Crippen LogP contribution in [-0.2, 0) is 9.59 Å². The number of carboxylic acid groups (broad SMARTS) is 1. The number of carbonyl (C=O) groups is 2. The van der Waals surface area contributed by atoms with E-state index in [1.807, 2.05) is 6.08 Å². The van der Waals surface area contributed by atoms with Gasteiger partial charge in [-0.2, -0.15) is 5.10 Å². The molecular weight excluding hydrogens is 290 g/mol. The molecule has 1 fully saturated rings. The van der Waals surface area contributed by atoms with Crippen LogP contribution in [0.4, 0.5) is 0 Å². The number of carboxylic acids is 1. The van der Waals surface area contributed by atoms with Crippen molar-refractivity contribution in [1.29, 1.82) is 0 Å². The van der Waals surface area contributed by atoms with Crippen molar-refractivity contribution in [2.75, 3.05) is 0 Å². The standard InChI is InChI=1S/C14H19N3O3S/c1-8-4-9(7-14(2,3)6-8)16-17-13-15-12(20)10(21-13)5-11(18)19/h4,10H,5-7H2,1-3H3,(H,18,19)(H,15,17,20)/t10-/m0/s1. The summed E-state index contributed by atoms with van der Waals surface area (Å²) >= 11 is 1.12. The molecule has 0 bridgehead atoms. The molecule has 6 nitrogen and oxygen atoms in total. The SMILES string of the molecule is CC1=CC(=N/N=C2/NC(=O)[C@H](CC(=O)O)S2)CC(C)(C)C1. The Bertz CT molecular complexity index is 564. The van der Waals surface area contributed by atoms with E-state index in [9.17, 15) is 9.59 Å². The Morgan fingerprint density at radius 3 is 2.81 bits per heavy atom. The van der Waals surface area contributed by atoms with E-state index in [0.717, 1.165) is 30.3 Å². The van der Waals surface area contributed by atoms with E-state index >= 15 is 0 Å². The Hall–Kier alpha value is -1.63. The van der Waals surface area contributed by atoms with Crippen LogP contribution in [0.2, 0.25) is 0 Å². The molecule has 2 N–H and O–H groups in total. The molecule has 114 valence electrons. The van der Waals surface area contributed by atoms with Crippen molar-refractivity contribution in [2.45, 2.75) is 45.3 Å². The highest BCUT2D eigenvalue weighted by Crippen LogP contribution is 2.33. The van der Waals surface area contributed by atoms with Crippen molar-refractivity contribution in [3.05, 3.63) is 11.6 Å². The highest BCUT2D eigenvalue weighted by molar-refractivity contribution is 8.15. The zero-order chi connectivity index (χ0) is 15.6. The van der Waals surface area contributed by atoms with Crippen LogP contribution in [0, 0.1) is 5.41 Å². The van der Waals surface area contributed by atoms with Crippen molar-refractivity contribution in [1.82, 2.24) is 5.32 Å². The van der Waals surface area contributed by atoms with Crippen molar-refractivity contribution in [3.63, 3.8) is 0 Å². The van der Waals surface area contributed by atoms with E-state index in [-0.39, 0.29) is 17.7 Å². The van der Waals surface area contributed by atoms with Crippen molar-refractivity contribution in [3.8, 4) is 0 Å². The summed E-state index contributed by atoms with van der Waals surface area (Å²) in [4.78, 5) is 22.2. The molecule has 0 aromatic carbocycles. The molecule has 0 aromatic rings. The number of amides is 1. The maximum absolute atomic E-state index is 11.6. The second-order valence-corrected chi connectivity index (χ2v) is 7.39. The highest BCUT2D eigenvalue weighted by Gasteiger charge is 2.32. The van der Waals surface area contributed by atoms with Gasteiger partial charge in [0, 0.05) is 0 Å². The molecule has 2 rings (SSSR count). The molecule has 21 heavy (non-hydrogen) atoms. The zero-order valence-corrected chi connectivity index (χ0v) is 13.2. The molecule has 0 saturated carbocycles. The number of nitrogens with zero attached hydrogens (tertiary/aromatic N) is 2. The minimum absolute atomic E-state index is 0.162. The average molecular weight is 309 g/mol. The topological polar surface area (TPSA) is 91.1 Å². The van der Waals surface area contributed by atoms with Crippen LogP contribution < -0.4 is 5.32 Å². The van der Waals surface area contributed by atoms with Crippen LogP contribution in [-0.4, -0.2) is 33.1 Å². The number of thioether (sulfide) groups is 1. The van der Waals surface area contributed by atoms with Gasteiger partial charge in [-0.1, -0.05) is 31.2 Å². The minimum Gasteiger partial charge on any atom is -0.481 e. The molecule has 1 amide bonds. The van der Waals surface area contributed by atoms with Crippen molar-refractivity contribution in [2.24, 2.45) is 15.6 Å². The van der Waals surface area contributed by atoms with Crippen molar-refractivity contribution >= 4 is 34.5 Å². The first-order valence-corrected chi connectivity index (χ1v) is 7.64. The molecule has 0 spiro atoms. The fourth-order valence-corrected chi connectivity index (χ4v) is 3.52. The van der Waals surface area contributed by atoms with Crippen LogP contribution in [0.15, 0.2) is 21.9 Å². The lowest BCUT2D eigenvalue weighted by molar-refractivity contribution is -0.138. The third kappa shape index (κ3) is 4.42. The quantitative estimate of drug-likeness (QED) is 0.782.